The van der Waals surface area contributed by atoms with Crippen molar-refractivity contribution < 1.29 is 14.3 Å². The van der Waals surface area contributed by atoms with Crippen LogP contribution in [0, 0.1) is 18.3 Å². The van der Waals surface area contributed by atoms with Gasteiger partial charge in [-0.25, -0.2) is 9.97 Å². The molecule has 0 bridgehead atoms. The third-order valence-electron chi connectivity index (χ3n) is 3.74. The van der Waals surface area contributed by atoms with Crippen LogP contribution in [0.1, 0.15) is 29.5 Å². The van der Waals surface area contributed by atoms with Crippen LogP contribution in [0.25, 0.3) is 10.2 Å². The zero-order valence-electron chi connectivity index (χ0n) is 15.1. The van der Waals surface area contributed by atoms with Crippen molar-refractivity contribution in [3.05, 3.63) is 40.3 Å². The maximum absolute atomic E-state index is 12.1. The Bertz CT molecular complexity index is 989. The molecule has 6 nitrogen and oxygen atoms in total. The molecule has 0 saturated heterocycles. The number of nitriles is 1. The van der Waals surface area contributed by atoms with E-state index in [0.717, 1.165) is 26.0 Å². The van der Waals surface area contributed by atoms with E-state index < -0.39 is 24.3 Å². The van der Waals surface area contributed by atoms with Crippen LogP contribution in [0.5, 0.6) is 0 Å². The number of esters is 1. The van der Waals surface area contributed by atoms with Crippen LogP contribution >= 0.6 is 34.4 Å². The number of thiazole rings is 2. The number of rotatable bonds is 9. The minimum Gasteiger partial charge on any atom is -0.458 e. The summed E-state index contributed by atoms with van der Waals surface area (Å²) in [6.07, 6.45) is 0.847. The molecular weight excluding hydrogens is 414 g/mol. The van der Waals surface area contributed by atoms with E-state index >= 15 is 0 Å². The van der Waals surface area contributed by atoms with Crippen LogP contribution < -0.4 is 0 Å². The molecule has 0 aliphatic rings. The average Bonchev–Trinajstić information content (AvgIpc) is 3.30. The van der Waals surface area contributed by atoms with Gasteiger partial charge < -0.3 is 4.74 Å². The van der Waals surface area contributed by atoms with Gasteiger partial charge in [0.2, 0.25) is 0 Å². The van der Waals surface area contributed by atoms with E-state index in [0.29, 0.717) is 11.4 Å². The van der Waals surface area contributed by atoms with Crippen molar-refractivity contribution in [2.45, 2.75) is 30.0 Å². The molecule has 0 fully saturated rings. The smallest absolute Gasteiger partial charge is 0.306 e. The number of ketones is 1. The fourth-order valence-corrected chi connectivity index (χ4v) is 5.30. The summed E-state index contributed by atoms with van der Waals surface area (Å²) in [5.41, 5.74) is 1.74. The van der Waals surface area contributed by atoms with Crippen LogP contribution in [-0.2, 0) is 14.3 Å². The van der Waals surface area contributed by atoms with Gasteiger partial charge in [-0.05, 0) is 25.5 Å². The van der Waals surface area contributed by atoms with E-state index in [-0.39, 0.29) is 6.42 Å². The lowest BCUT2D eigenvalue weighted by Crippen LogP contribution is -2.19. The molecule has 1 atom stereocenters. The fraction of sp³-hybridized carbons (Fsp3) is 0.316. The highest BCUT2D eigenvalue weighted by molar-refractivity contribution is 8.01. The zero-order chi connectivity index (χ0) is 19.9. The first kappa shape index (κ1) is 20.5. The molecule has 0 radical (unpaired) electrons. The summed E-state index contributed by atoms with van der Waals surface area (Å²) in [6, 6.07) is 9.89. The first-order valence-electron chi connectivity index (χ1n) is 8.55. The van der Waals surface area contributed by atoms with Gasteiger partial charge >= 0.3 is 5.97 Å². The molecule has 1 aromatic carbocycles. The maximum atomic E-state index is 12.1. The molecule has 2 aromatic heterocycles. The van der Waals surface area contributed by atoms with Crippen molar-refractivity contribution in [3.63, 3.8) is 0 Å². The summed E-state index contributed by atoms with van der Waals surface area (Å²) >= 11 is 4.49. The van der Waals surface area contributed by atoms with Gasteiger partial charge in [0.05, 0.1) is 16.3 Å². The summed E-state index contributed by atoms with van der Waals surface area (Å²) in [6.45, 7) is 1.39. The van der Waals surface area contributed by atoms with E-state index in [4.69, 9.17) is 4.74 Å². The number of ether oxygens (including phenoxy) is 1. The van der Waals surface area contributed by atoms with E-state index in [1.54, 1.807) is 35.4 Å². The normalized spacial score (nSPS) is 11.9. The Morgan fingerprint density at radius 1 is 1.32 bits per heavy atom. The molecule has 3 rings (SSSR count). The maximum Gasteiger partial charge on any atom is 0.306 e. The number of aromatic nitrogens is 2. The van der Waals surface area contributed by atoms with Gasteiger partial charge in [-0.15, -0.1) is 22.7 Å². The molecule has 9 heteroatoms. The Morgan fingerprint density at radius 3 is 2.86 bits per heavy atom. The molecule has 0 saturated carbocycles. The molecule has 0 spiro atoms. The largest absolute Gasteiger partial charge is 0.458 e. The molecule has 144 valence electrons. The number of fused-ring (bicyclic) bond motifs is 1. The van der Waals surface area contributed by atoms with Crippen LogP contribution in [0.4, 0.5) is 0 Å². The van der Waals surface area contributed by atoms with Crippen molar-refractivity contribution in [2.75, 3.05) is 12.4 Å². The highest BCUT2D eigenvalue weighted by atomic mass is 32.2. The molecular formula is C19H17N3O3S3. The molecule has 28 heavy (non-hydrogen) atoms. The minimum absolute atomic E-state index is 0.221. The first-order chi connectivity index (χ1) is 13.6. The number of thioether (sulfide) groups is 1. The number of para-hydroxylation sites is 1. The Kier molecular flexibility index (Phi) is 7.14. The van der Waals surface area contributed by atoms with Crippen molar-refractivity contribution in [2.24, 2.45) is 0 Å². The highest BCUT2D eigenvalue weighted by Gasteiger charge is 2.24. The second-order valence-electron chi connectivity index (χ2n) is 5.92. The Morgan fingerprint density at radius 2 is 2.14 bits per heavy atom. The molecule has 2 heterocycles. The number of aryl methyl sites for hydroxylation is 1. The third kappa shape index (κ3) is 5.38. The van der Waals surface area contributed by atoms with E-state index in [1.807, 2.05) is 30.3 Å². The van der Waals surface area contributed by atoms with E-state index in [2.05, 4.69) is 9.97 Å². The second kappa shape index (κ2) is 9.78. The van der Waals surface area contributed by atoms with Gasteiger partial charge in [-0.1, -0.05) is 23.9 Å². The number of hydrogen-bond acceptors (Lipinski definition) is 9. The van der Waals surface area contributed by atoms with Gasteiger partial charge in [-0.3, -0.25) is 9.59 Å². The molecule has 0 N–H and O–H groups in total. The van der Waals surface area contributed by atoms with E-state index in [9.17, 15) is 14.9 Å². The van der Waals surface area contributed by atoms with Crippen molar-refractivity contribution >= 4 is 56.4 Å². The predicted molar refractivity (Wildman–Crippen MR) is 111 cm³/mol. The average molecular weight is 432 g/mol. The minimum atomic E-state index is -0.985. The first-order valence-corrected chi connectivity index (χ1v) is 11.2. The number of nitrogens with zero attached hydrogens (tertiary/aromatic N) is 3. The second-order valence-corrected chi connectivity index (χ2v) is 9.18. The SMILES string of the molecule is Cc1csc(C(C#N)C(=O)COC(=O)CCCSc2nc3ccccc3s2)n1. The van der Waals surface area contributed by atoms with Crippen molar-refractivity contribution in [3.8, 4) is 6.07 Å². The summed E-state index contributed by atoms with van der Waals surface area (Å²) in [5.74, 6) is -1.14. The van der Waals surface area contributed by atoms with Crippen molar-refractivity contribution in [1.29, 1.82) is 5.26 Å². The topological polar surface area (TPSA) is 92.9 Å². The number of carbonyl (C=O) groups is 2. The van der Waals surface area contributed by atoms with E-state index in [1.165, 1.54) is 11.3 Å². The van der Waals surface area contributed by atoms with Crippen LogP contribution in [0.3, 0.4) is 0 Å². The van der Waals surface area contributed by atoms with Crippen molar-refractivity contribution in [1.82, 2.24) is 9.97 Å². The molecule has 0 aliphatic heterocycles. The predicted octanol–water partition coefficient (Wildman–Crippen LogP) is 4.35. The third-order valence-corrected chi connectivity index (χ3v) is 7.03. The summed E-state index contributed by atoms with van der Waals surface area (Å²) in [5, 5.41) is 11.4. The fourth-order valence-electron chi connectivity index (χ4n) is 2.37. The Balaban J connectivity index is 1.38. The molecule has 3 aromatic rings. The van der Waals surface area contributed by atoms with Gasteiger partial charge in [0.15, 0.2) is 22.6 Å². The standard InChI is InChI=1S/C19H17N3O3S3/c1-12-11-27-18(21-12)13(9-20)15(23)10-25-17(24)7-4-8-26-19-22-14-5-2-3-6-16(14)28-19/h2-3,5-6,11,13H,4,7-8,10H2,1H3. The summed E-state index contributed by atoms with van der Waals surface area (Å²) in [7, 11) is 0. The van der Waals surface area contributed by atoms with Gasteiger partial charge in [0, 0.05) is 23.2 Å². The Labute approximate surface area is 174 Å². The summed E-state index contributed by atoms with van der Waals surface area (Å²) < 4.78 is 7.15. The van der Waals surface area contributed by atoms with Gasteiger partial charge in [-0.2, -0.15) is 5.26 Å². The lowest BCUT2D eigenvalue weighted by Gasteiger charge is -2.06. The number of benzene rings is 1. The number of hydrogen-bond donors (Lipinski definition) is 0. The molecule has 0 amide bonds. The lowest BCUT2D eigenvalue weighted by atomic mass is 10.1. The van der Waals surface area contributed by atoms with Gasteiger partial charge in [0.1, 0.15) is 5.01 Å². The monoisotopic (exact) mass is 431 g/mol. The molecule has 1 unspecified atom stereocenters. The van der Waals surface area contributed by atoms with Crippen LogP contribution in [-0.4, -0.2) is 34.1 Å². The van der Waals surface area contributed by atoms with Crippen LogP contribution in [0.2, 0.25) is 0 Å². The van der Waals surface area contributed by atoms with Gasteiger partial charge in [0.25, 0.3) is 0 Å². The summed E-state index contributed by atoms with van der Waals surface area (Å²) in [4.78, 5) is 32.7. The van der Waals surface area contributed by atoms with Crippen LogP contribution in [0.15, 0.2) is 34.0 Å². The lowest BCUT2D eigenvalue weighted by molar-refractivity contribution is -0.148. The zero-order valence-corrected chi connectivity index (χ0v) is 17.5. The quantitative estimate of drug-likeness (QED) is 0.282. The number of carbonyl (C=O) groups excluding carboxylic acids is 2. The molecule has 0 aliphatic carbocycles. The number of Topliss-reactive ketones (excluding diaryl/α,β-unsaturated/α-hetero) is 1. The Hall–Kier alpha value is -2.28. The highest BCUT2D eigenvalue weighted by Crippen LogP contribution is 2.29.